The zero-order chi connectivity index (χ0) is 14.0. The summed E-state index contributed by atoms with van der Waals surface area (Å²) in [5.41, 5.74) is 1.79. The maximum Gasteiger partial charge on any atom is 0.313 e. The molecule has 1 heterocycles. The molecule has 0 bridgehead atoms. The van der Waals surface area contributed by atoms with Crippen molar-refractivity contribution in [3.8, 4) is 0 Å². The van der Waals surface area contributed by atoms with Crippen LogP contribution >= 0.6 is 11.6 Å². The van der Waals surface area contributed by atoms with Crippen molar-refractivity contribution in [1.82, 2.24) is 9.55 Å². The number of ether oxygens (including phenoxy) is 1. The largest absolute Gasteiger partial charge is 0.466 e. The highest BCUT2D eigenvalue weighted by Gasteiger charge is 2.16. The lowest BCUT2D eigenvalue weighted by molar-refractivity contribution is -0.142. The van der Waals surface area contributed by atoms with Gasteiger partial charge in [0.15, 0.2) is 0 Å². The quantitative estimate of drug-likeness (QED) is 0.807. The topological polar surface area (TPSA) is 44.1 Å². The van der Waals surface area contributed by atoms with Gasteiger partial charge in [0.2, 0.25) is 0 Å². The molecular weight excluding hydrogens is 264 g/mol. The van der Waals surface area contributed by atoms with E-state index in [1.165, 1.54) is 0 Å². The molecule has 0 N–H and O–H groups in total. The van der Waals surface area contributed by atoms with E-state index in [1.54, 1.807) is 6.92 Å². The Kier molecular flexibility index (Phi) is 4.10. The molecule has 1 aromatic carbocycles. The predicted octanol–water partition coefficient (Wildman–Crippen LogP) is 3.38. The number of halogens is 1. The highest BCUT2D eigenvalue weighted by molar-refractivity contribution is 6.31. The van der Waals surface area contributed by atoms with Crippen LogP contribution < -0.4 is 0 Å². The highest BCUT2D eigenvalue weighted by atomic mass is 35.5. The van der Waals surface area contributed by atoms with Crippen LogP contribution in [0.25, 0.3) is 11.0 Å². The van der Waals surface area contributed by atoms with Crippen molar-refractivity contribution in [1.29, 1.82) is 0 Å². The first kappa shape index (κ1) is 13.9. The maximum atomic E-state index is 11.6. The minimum atomic E-state index is -0.259. The molecule has 0 aliphatic rings. The molecule has 2 rings (SSSR count). The molecule has 0 unspecified atom stereocenters. The van der Waals surface area contributed by atoms with Crippen LogP contribution in [-0.2, 0) is 16.0 Å². The third-order valence-corrected chi connectivity index (χ3v) is 3.08. The average molecular weight is 281 g/mol. The average Bonchev–Trinajstić information content (AvgIpc) is 2.65. The molecule has 19 heavy (non-hydrogen) atoms. The molecule has 2 aromatic rings. The number of rotatable bonds is 4. The van der Waals surface area contributed by atoms with Crippen molar-refractivity contribution in [3.63, 3.8) is 0 Å². The summed E-state index contributed by atoms with van der Waals surface area (Å²) in [6, 6.07) is 5.79. The predicted molar refractivity (Wildman–Crippen MR) is 75.5 cm³/mol. The van der Waals surface area contributed by atoms with Gasteiger partial charge in [-0.1, -0.05) is 11.6 Å². The van der Waals surface area contributed by atoms with E-state index in [9.17, 15) is 4.79 Å². The molecule has 0 atom stereocenters. The second-order valence-electron chi connectivity index (χ2n) is 4.61. The molecule has 4 nitrogen and oxygen atoms in total. The van der Waals surface area contributed by atoms with Gasteiger partial charge in [-0.2, -0.15) is 0 Å². The lowest BCUT2D eigenvalue weighted by atomic mass is 10.3. The van der Waals surface area contributed by atoms with Crippen LogP contribution in [0, 0.1) is 0 Å². The Balaban J connectivity index is 2.47. The summed E-state index contributed by atoms with van der Waals surface area (Å²) < 4.78 is 7.03. The lowest BCUT2D eigenvalue weighted by Gasteiger charge is -2.12. The summed E-state index contributed by atoms with van der Waals surface area (Å²) in [7, 11) is 0. The fourth-order valence-electron chi connectivity index (χ4n) is 2.16. The fourth-order valence-corrected chi connectivity index (χ4v) is 2.33. The zero-order valence-corrected chi connectivity index (χ0v) is 12.1. The van der Waals surface area contributed by atoms with Crippen LogP contribution in [0.3, 0.4) is 0 Å². The van der Waals surface area contributed by atoms with Gasteiger partial charge in [-0.15, -0.1) is 0 Å². The van der Waals surface area contributed by atoms with Crippen molar-refractivity contribution < 1.29 is 9.53 Å². The number of carbonyl (C=O) groups excluding carboxylic acids is 1. The third-order valence-electron chi connectivity index (χ3n) is 2.85. The number of aromatic nitrogens is 2. The van der Waals surface area contributed by atoms with Crippen molar-refractivity contribution in [2.24, 2.45) is 0 Å². The molecule has 0 aliphatic heterocycles. The SMILES string of the molecule is CCOC(=O)Cc1nc2cc(Cl)ccc2n1C(C)C. The molecule has 5 heteroatoms. The Morgan fingerprint density at radius 2 is 2.21 bits per heavy atom. The van der Waals surface area contributed by atoms with Crippen LogP contribution in [0.4, 0.5) is 0 Å². The number of hydrogen-bond acceptors (Lipinski definition) is 3. The van der Waals surface area contributed by atoms with Gasteiger partial charge in [0, 0.05) is 11.1 Å². The standard InChI is InChI=1S/C14H17ClN2O2/c1-4-19-14(18)8-13-16-11-7-10(15)5-6-12(11)17(13)9(2)3/h5-7,9H,4,8H2,1-3H3. The van der Waals surface area contributed by atoms with E-state index in [0.717, 1.165) is 11.0 Å². The van der Waals surface area contributed by atoms with Gasteiger partial charge in [0.05, 0.1) is 17.6 Å². The fraction of sp³-hybridized carbons (Fsp3) is 0.429. The lowest BCUT2D eigenvalue weighted by Crippen LogP contribution is -2.14. The second kappa shape index (κ2) is 5.61. The molecular formula is C14H17ClN2O2. The summed E-state index contributed by atoms with van der Waals surface area (Å²) in [6.45, 7) is 6.30. The normalized spacial score (nSPS) is 11.2. The van der Waals surface area contributed by atoms with E-state index >= 15 is 0 Å². The molecule has 0 saturated heterocycles. The van der Waals surface area contributed by atoms with Crippen molar-refractivity contribution in [2.45, 2.75) is 33.2 Å². The Morgan fingerprint density at radius 3 is 2.84 bits per heavy atom. The van der Waals surface area contributed by atoms with Gasteiger partial charge < -0.3 is 9.30 Å². The van der Waals surface area contributed by atoms with E-state index in [0.29, 0.717) is 17.5 Å². The summed E-state index contributed by atoms with van der Waals surface area (Å²) in [6.07, 6.45) is 0.179. The summed E-state index contributed by atoms with van der Waals surface area (Å²) in [5, 5.41) is 0.642. The first-order chi connectivity index (χ1) is 9.02. The van der Waals surface area contributed by atoms with E-state index < -0.39 is 0 Å². The van der Waals surface area contributed by atoms with Gasteiger partial charge in [-0.3, -0.25) is 4.79 Å². The molecule has 0 amide bonds. The van der Waals surface area contributed by atoms with Crippen LogP contribution in [0.5, 0.6) is 0 Å². The number of benzene rings is 1. The van der Waals surface area contributed by atoms with E-state index in [-0.39, 0.29) is 18.4 Å². The van der Waals surface area contributed by atoms with Gasteiger partial charge in [-0.05, 0) is 39.0 Å². The van der Waals surface area contributed by atoms with Crippen LogP contribution in [0.1, 0.15) is 32.6 Å². The maximum absolute atomic E-state index is 11.6. The Labute approximate surface area is 117 Å². The van der Waals surface area contributed by atoms with Gasteiger partial charge in [0.25, 0.3) is 0 Å². The van der Waals surface area contributed by atoms with E-state index in [4.69, 9.17) is 16.3 Å². The number of hydrogen-bond donors (Lipinski definition) is 0. The molecule has 0 aliphatic carbocycles. The summed E-state index contributed by atoms with van der Waals surface area (Å²) in [5.74, 6) is 0.455. The first-order valence-electron chi connectivity index (χ1n) is 6.35. The minimum Gasteiger partial charge on any atom is -0.466 e. The van der Waals surface area contributed by atoms with E-state index in [2.05, 4.69) is 18.8 Å². The number of fused-ring (bicyclic) bond motifs is 1. The Hall–Kier alpha value is -1.55. The number of esters is 1. The molecule has 1 aromatic heterocycles. The van der Waals surface area contributed by atoms with Crippen molar-refractivity contribution >= 4 is 28.6 Å². The van der Waals surface area contributed by atoms with Gasteiger partial charge in [0.1, 0.15) is 12.2 Å². The van der Waals surface area contributed by atoms with Crippen LogP contribution in [-0.4, -0.2) is 22.1 Å². The smallest absolute Gasteiger partial charge is 0.313 e. The Bertz CT molecular complexity index is 605. The van der Waals surface area contributed by atoms with Gasteiger partial charge >= 0.3 is 5.97 Å². The minimum absolute atomic E-state index is 0.179. The second-order valence-corrected chi connectivity index (χ2v) is 5.04. The molecule has 0 radical (unpaired) electrons. The summed E-state index contributed by atoms with van der Waals surface area (Å²) >= 11 is 5.97. The third kappa shape index (κ3) is 2.89. The molecule has 0 spiro atoms. The highest BCUT2D eigenvalue weighted by Crippen LogP contribution is 2.24. The zero-order valence-electron chi connectivity index (χ0n) is 11.3. The monoisotopic (exact) mass is 280 g/mol. The number of nitrogens with zero attached hydrogens (tertiary/aromatic N) is 2. The molecule has 0 saturated carbocycles. The summed E-state index contributed by atoms with van der Waals surface area (Å²) in [4.78, 5) is 16.1. The van der Waals surface area contributed by atoms with Gasteiger partial charge in [-0.25, -0.2) is 4.98 Å². The van der Waals surface area contributed by atoms with Crippen LogP contribution in [0.15, 0.2) is 18.2 Å². The number of carbonyl (C=O) groups is 1. The van der Waals surface area contributed by atoms with E-state index in [1.807, 2.05) is 22.8 Å². The first-order valence-corrected chi connectivity index (χ1v) is 6.72. The van der Waals surface area contributed by atoms with Crippen LogP contribution in [0.2, 0.25) is 5.02 Å². The molecule has 102 valence electrons. The molecule has 0 fully saturated rings. The van der Waals surface area contributed by atoms with Crippen molar-refractivity contribution in [3.05, 3.63) is 29.0 Å². The Morgan fingerprint density at radius 1 is 1.47 bits per heavy atom. The number of imidazole rings is 1. The van der Waals surface area contributed by atoms with Crippen molar-refractivity contribution in [2.75, 3.05) is 6.61 Å².